The van der Waals surface area contributed by atoms with Gasteiger partial charge in [0.15, 0.2) is 0 Å². The van der Waals surface area contributed by atoms with Crippen molar-refractivity contribution in [2.45, 2.75) is 33.4 Å². The standard InChI is InChI=1S/C20H20F3N3O/c1-4-16-18(19(27)25(5-2)15-8-6-7-13(3)11-15)26-12-14(20(21,22)23)9-10-17(26)24-16/h6-12H,4-5H2,1-3H3. The normalized spacial score (nSPS) is 11.8. The number of rotatable bonds is 4. The molecular formula is C20H20F3N3O. The molecule has 0 saturated heterocycles. The van der Waals surface area contributed by atoms with Crippen LogP contribution in [0.3, 0.4) is 0 Å². The summed E-state index contributed by atoms with van der Waals surface area (Å²) in [6, 6.07) is 9.72. The van der Waals surface area contributed by atoms with E-state index in [-0.39, 0.29) is 11.6 Å². The number of carbonyl (C=O) groups is 1. The van der Waals surface area contributed by atoms with Gasteiger partial charge < -0.3 is 4.90 Å². The zero-order chi connectivity index (χ0) is 19.8. The number of amides is 1. The number of aryl methyl sites for hydroxylation is 2. The Bertz CT molecular complexity index is 992. The second-order valence-corrected chi connectivity index (χ2v) is 6.29. The third-order valence-corrected chi connectivity index (χ3v) is 4.43. The van der Waals surface area contributed by atoms with E-state index in [4.69, 9.17) is 0 Å². The van der Waals surface area contributed by atoms with E-state index in [1.807, 2.05) is 45.0 Å². The van der Waals surface area contributed by atoms with E-state index in [0.717, 1.165) is 17.8 Å². The molecule has 0 aliphatic heterocycles. The maximum absolute atomic E-state index is 13.3. The van der Waals surface area contributed by atoms with Crippen LogP contribution < -0.4 is 4.90 Å². The van der Waals surface area contributed by atoms with Gasteiger partial charge in [-0.3, -0.25) is 9.20 Å². The fraction of sp³-hybridized carbons (Fsp3) is 0.300. The quantitative estimate of drug-likeness (QED) is 0.651. The lowest BCUT2D eigenvalue weighted by molar-refractivity contribution is -0.137. The van der Waals surface area contributed by atoms with Crippen molar-refractivity contribution in [1.82, 2.24) is 9.38 Å². The van der Waals surface area contributed by atoms with Gasteiger partial charge in [0, 0.05) is 18.4 Å². The molecule has 0 unspecified atom stereocenters. The van der Waals surface area contributed by atoms with Crippen LogP contribution in [0.4, 0.5) is 18.9 Å². The zero-order valence-corrected chi connectivity index (χ0v) is 15.3. The number of aromatic nitrogens is 2. The highest BCUT2D eigenvalue weighted by Crippen LogP contribution is 2.30. The molecule has 2 aromatic heterocycles. The summed E-state index contributed by atoms with van der Waals surface area (Å²) in [6.07, 6.45) is -3.11. The van der Waals surface area contributed by atoms with Gasteiger partial charge in [0.2, 0.25) is 0 Å². The van der Waals surface area contributed by atoms with Crippen LogP contribution in [0.5, 0.6) is 0 Å². The van der Waals surface area contributed by atoms with Crippen LogP contribution in [-0.2, 0) is 12.6 Å². The number of fused-ring (bicyclic) bond motifs is 1. The molecule has 27 heavy (non-hydrogen) atoms. The highest BCUT2D eigenvalue weighted by Gasteiger charge is 2.32. The van der Waals surface area contributed by atoms with E-state index < -0.39 is 11.7 Å². The summed E-state index contributed by atoms with van der Waals surface area (Å²) in [5, 5.41) is 0. The number of halogens is 3. The van der Waals surface area contributed by atoms with Crippen molar-refractivity contribution >= 4 is 17.2 Å². The van der Waals surface area contributed by atoms with Crippen molar-refractivity contribution in [3.8, 4) is 0 Å². The monoisotopic (exact) mass is 375 g/mol. The lowest BCUT2D eigenvalue weighted by Crippen LogP contribution is -2.32. The average molecular weight is 375 g/mol. The van der Waals surface area contributed by atoms with Gasteiger partial charge in [0.05, 0.1) is 11.3 Å². The smallest absolute Gasteiger partial charge is 0.307 e. The van der Waals surface area contributed by atoms with Crippen LogP contribution in [-0.4, -0.2) is 21.8 Å². The van der Waals surface area contributed by atoms with Crippen molar-refractivity contribution in [3.05, 3.63) is 65.1 Å². The Kier molecular flexibility index (Phi) is 4.95. The van der Waals surface area contributed by atoms with E-state index in [1.54, 1.807) is 4.90 Å². The number of hydrogen-bond donors (Lipinski definition) is 0. The van der Waals surface area contributed by atoms with Gasteiger partial charge in [-0.1, -0.05) is 19.1 Å². The number of benzene rings is 1. The molecule has 0 saturated carbocycles. The Hall–Kier alpha value is -2.83. The molecule has 1 aromatic carbocycles. The molecule has 0 spiro atoms. The van der Waals surface area contributed by atoms with Gasteiger partial charge in [0.1, 0.15) is 11.3 Å². The van der Waals surface area contributed by atoms with Gasteiger partial charge in [0.25, 0.3) is 5.91 Å². The number of anilines is 1. The minimum atomic E-state index is -4.49. The van der Waals surface area contributed by atoms with Crippen LogP contribution in [0.2, 0.25) is 0 Å². The number of nitrogens with zero attached hydrogens (tertiary/aromatic N) is 3. The van der Waals surface area contributed by atoms with E-state index >= 15 is 0 Å². The molecule has 142 valence electrons. The molecule has 0 fully saturated rings. The second kappa shape index (κ2) is 7.06. The first kappa shape index (κ1) is 18.9. The van der Waals surface area contributed by atoms with Crippen molar-refractivity contribution < 1.29 is 18.0 Å². The maximum atomic E-state index is 13.3. The van der Waals surface area contributed by atoms with Crippen molar-refractivity contribution in [2.24, 2.45) is 0 Å². The second-order valence-electron chi connectivity index (χ2n) is 6.29. The topological polar surface area (TPSA) is 37.6 Å². The lowest BCUT2D eigenvalue weighted by atomic mass is 10.1. The third kappa shape index (κ3) is 3.54. The van der Waals surface area contributed by atoms with E-state index in [2.05, 4.69) is 4.98 Å². The predicted octanol–water partition coefficient (Wildman–Crippen LogP) is 4.89. The largest absolute Gasteiger partial charge is 0.417 e. The molecule has 4 nitrogen and oxygen atoms in total. The van der Waals surface area contributed by atoms with Crippen molar-refractivity contribution in [3.63, 3.8) is 0 Å². The van der Waals surface area contributed by atoms with Crippen LogP contribution in [0.1, 0.15) is 41.2 Å². The molecule has 0 aliphatic carbocycles. The Morgan fingerprint density at radius 2 is 1.93 bits per heavy atom. The van der Waals surface area contributed by atoms with Gasteiger partial charge in [-0.25, -0.2) is 4.98 Å². The van der Waals surface area contributed by atoms with E-state index in [0.29, 0.717) is 30.0 Å². The van der Waals surface area contributed by atoms with Crippen molar-refractivity contribution in [2.75, 3.05) is 11.4 Å². The first-order valence-corrected chi connectivity index (χ1v) is 8.73. The fourth-order valence-corrected chi connectivity index (χ4v) is 3.10. The summed E-state index contributed by atoms with van der Waals surface area (Å²) < 4.78 is 40.7. The number of alkyl halides is 3. The van der Waals surface area contributed by atoms with Crippen LogP contribution in [0.15, 0.2) is 42.6 Å². The average Bonchev–Trinajstić information content (AvgIpc) is 2.99. The molecule has 0 bridgehead atoms. The summed E-state index contributed by atoms with van der Waals surface area (Å²) in [5.74, 6) is -0.369. The summed E-state index contributed by atoms with van der Waals surface area (Å²) >= 11 is 0. The Labute approximate surface area is 155 Å². The first-order chi connectivity index (χ1) is 12.8. The molecule has 3 rings (SSSR count). The molecule has 0 N–H and O–H groups in total. The molecule has 2 heterocycles. The lowest BCUT2D eigenvalue weighted by Gasteiger charge is -2.22. The first-order valence-electron chi connectivity index (χ1n) is 8.73. The minimum Gasteiger partial charge on any atom is -0.307 e. The van der Waals surface area contributed by atoms with Crippen molar-refractivity contribution in [1.29, 1.82) is 0 Å². The van der Waals surface area contributed by atoms with Gasteiger partial charge in [-0.15, -0.1) is 0 Å². The molecule has 0 radical (unpaired) electrons. The molecule has 1 amide bonds. The van der Waals surface area contributed by atoms with Crippen LogP contribution in [0, 0.1) is 6.92 Å². The van der Waals surface area contributed by atoms with E-state index in [1.165, 1.54) is 10.5 Å². The summed E-state index contributed by atoms with van der Waals surface area (Å²) in [4.78, 5) is 19.2. The van der Waals surface area contributed by atoms with Crippen LogP contribution >= 0.6 is 0 Å². The zero-order valence-electron chi connectivity index (χ0n) is 15.3. The third-order valence-electron chi connectivity index (χ3n) is 4.43. The van der Waals surface area contributed by atoms with E-state index in [9.17, 15) is 18.0 Å². The predicted molar refractivity (Wildman–Crippen MR) is 98.1 cm³/mol. The molecule has 7 heteroatoms. The Balaban J connectivity index is 2.17. The summed E-state index contributed by atoms with van der Waals surface area (Å²) in [5.41, 5.74) is 1.84. The molecule has 3 aromatic rings. The van der Waals surface area contributed by atoms with Crippen LogP contribution in [0.25, 0.3) is 5.65 Å². The van der Waals surface area contributed by atoms with Gasteiger partial charge in [-0.2, -0.15) is 13.2 Å². The number of pyridine rings is 1. The fourth-order valence-electron chi connectivity index (χ4n) is 3.10. The Morgan fingerprint density at radius 1 is 1.19 bits per heavy atom. The van der Waals surface area contributed by atoms with Gasteiger partial charge in [-0.05, 0) is 50.1 Å². The highest BCUT2D eigenvalue weighted by molar-refractivity contribution is 6.06. The number of hydrogen-bond acceptors (Lipinski definition) is 2. The minimum absolute atomic E-state index is 0.168. The maximum Gasteiger partial charge on any atom is 0.417 e. The molecule has 0 aliphatic rings. The van der Waals surface area contributed by atoms with Gasteiger partial charge >= 0.3 is 6.18 Å². The number of carbonyl (C=O) groups excluding carboxylic acids is 1. The Morgan fingerprint density at radius 3 is 2.52 bits per heavy atom. The highest BCUT2D eigenvalue weighted by atomic mass is 19.4. The molecular weight excluding hydrogens is 355 g/mol. The summed E-state index contributed by atoms with van der Waals surface area (Å²) in [6.45, 7) is 5.96. The SMILES string of the molecule is CCc1nc2ccc(C(F)(F)F)cn2c1C(=O)N(CC)c1cccc(C)c1. The summed E-state index contributed by atoms with van der Waals surface area (Å²) in [7, 11) is 0. The number of imidazole rings is 1. The molecule has 0 atom stereocenters.